The molecule has 0 saturated carbocycles. The summed E-state index contributed by atoms with van der Waals surface area (Å²) >= 11 is 1.44. The van der Waals surface area contributed by atoms with Crippen LogP contribution < -0.4 is 5.32 Å². The Balaban J connectivity index is 1.62. The van der Waals surface area contributed by atoms with Gasteiger partial charge in [-0.1, -0.05) is 19.1 Å². The zero-order valence-electron chi connectivity index (χ0n) is 15.4. The highest BCUT2D eigenvalue weighted by Gasteiger charge is 2.25. The number of hydrogen-bond acceptors (Lipinski definition) is 5. The summed E-state index contributed by atoms with van der Waals surface area (Å²) in [4.78, 5) is 24.3. The van der Waals surface area contributed by atoms with E-state index in [0.29, 0.717) is 22.0 Å². The number of amides is 1. The summed E-state index contributed by atoms with van der Waals surface area (Å²) in [5, 5.41) is 21.7. The van der Waals surface area contributed by atoms with Crippen molar-refractivity contribution < 1.29 is 18.9 Å². The van der Waals surface area contributed by atoms with E-state index in [1.807, 2.05) is 0 Å². The number of carboxylic acid groups (broad SMARTS) is 1. The van der Waals surface area contributed by atoms with Crippen molar-refractivity contribution in [1.82, 2.24) is 0 Å². The van der Waals surface area contributed by atoms with Crippen LogP contribution >= 0.6 is 11.3 Å². The standard InChI is InChI=1S/C20H20N2O4S2/c1-12-2-7-15-16(9-21)19(27-17(15)8-12)22-18(23)11-28(26)10-13-3-5-14(6-4-13)20(24)25/h3-6,12H,2,7-8,10-11H2,1H3,(H,22,23)(H,24,25). The Kier molecular flexibility index (Phi) is 6.27. The summed E-state index contributed by atoms with van der Waals surface area (Å²) in [6, 6.07) is 8.30. The lowest BCUT2D eigenvalue weighted by Crippen LogP contribution is -2.20. The molecule has 3 rings (SSSR count). The molecule has 1 aromatic carbocycles. The number of nitriles is 1. The van der Waals surface area contributed by atoms with Crippen LogP contribution in [0, 0.1) is 17.2 Å². The SMILES string of the molecule is CC1CCc2c(sc(NC(=O)CS(=O)Cc3ccc(C(=O)O)cc3)c2C#N)C1. The second kappa shape index (κ2) is 8.67. The number of rotatable bonds is 6. The molecule has 0 spiro atoms. The van der Waals surface area contributed by atoms with Gasteiger partial charge in [-0.25, -0.2) is 4.79 Å². The molecule has 28 heavy (non-hydrogen) atoms. The van der Waals surface area contributed by atoms with E-state index in [-0.39, 0.29) is 23.0 Å². The number of thiophene rings is 1. The predicted octanol–water partition coefficient (Wildman–Crippen LogP) is 3.33. The number of carbonyl (C=O) groups is 2. The minimum absolute atomic E-state index is 0.160. The van der Waals surface area contributed by atoms with Gasteiger partial charge in [0, 0.05) is 21.4 Å². The molecule has 6 nitrogen and oxygen atoms in total. The molecule has 0 saturated heterocycles. The highest BCUT2D eigenvalue weighted by molar-refractivity contribution is 7.85. The van der Waals surface area contributed by atoms with Gasteiger partial charge >= 0.3 is 5.97 Å². The number of nitrogens with one attached hydrogen (secondary N) is 1. The fourth-order valence-corrected chi connectivity index (χ4v) is 5.65. The van der Waals surface area contributed by atoms with Crippen molar-refractivity contribution in [3.05, 3.63) is 51.4 Å². The van der Waals surface area contributed by atoms with Crippen LogP contribution in [0.25, 0.3) is 0 Å². The molecular weight excluding hydrogens is 396 g/mol. The summed E-state index contributed by atoms with van der Waals surface area (Å²) < 4.78 is 12.3. The molecule has 2 aromatic rings. The molecule has 1 heterocycles. The van der Waals surface area contributed by atoms with Crippen LogP contribution in [0.2, 0.25) is 0 Å². The van der Waals surface area contributed by atoms with E-state index in [2.05, 4.69) is 18.3 Å². The van der Waals surface area contributed by atoms with Crippen molar-refractivity contribution in [2.75, 3.05) is 11.1 Å². The van der Waals surface area contributed by atoms with Gasteiger partial charge in [0.2, 0.25) is 5.91 Å². The van der Waals surface area contributed by atoms with Crippen LogP contribution in [0.15, 0.2) is 24.3 Å². The Hall–Kier alpha value is -2.50. The maximum absolute atomic E-state index is 12.3. The summed E-state index contributed by atoms with van der Waals surface area (Å²) in [5.74, 6) is -0.847. The van der Waals surface area contributed by atoms with Gasteiger partial charge in [0.05, 0.1) is 11.1 Å². The molecule has 1 amide bonds. The van der Waals surface area contributed by atoms with Crippen molar-refractivity contribution in [1.29, 1.82) is 5.26 Å². The number of anilines is 1. The molecule has 2 unspecified atom stereocenters. The first-order chi connectivity index (χ1) is 13.4. The third-order valence-electron chi connectivity index (χ3n) is 4.70. The first kappa shape index (κ1) is 20.2. The molecule has 0 aliphatic heterocycles. The number of carbonyl (C=O) groups excluding carboxylic acids is 1. The third-order valence-corrected chi connectivity index (χ3v) is 7.11. The van der Waals surface area contributed by atoms with Crippen molar-refractivity contribution >= 4 is 39.0 Å². The van der Waals surface area contributed by atoms with Crippen LogP contribution in [-0.4, -0.2) is 26.9 Å². The number of aromatic carboxylic acids is 1. The minimum atomic E-state index is -1.43. The maximum atomic E-state index is 12.3. The largest absolute Gasteiger partial charge is 0.478 e. The lowest BCUT2D eigenvalue weighted by molar-refractivity contribution is -0.113. The molecule has 146 valence electrons. The molecule has 2 atom stereocenters. The summed E-state index contributed by atoms with van der Waals surface area (Å²) in [7, 11) is -1.43. The van der Waals surface area contributed by atoms with Gasteiger partial charge in [-0.3, -0.25) is 9.00 Å². The number of fused-ring (bicyclic) bond motifs is 1. The van der Waals surface area contributed by atoms with E-state index in [0.717, 1.165) is 29.7 Å². The normalized spacial score (nSPS) is 16.6. The Morgan fingerprint density at radius 1 is 1.36 bits per heavy atom. The quantitative estimate of drug-likeness (QED) is 0.751. The second-order valence-corrected chi connectivity index (χ2v) is 9.51. The fraction of sp³-hybridized carbons (Fsp3) is 0.350. The second-order valence-electron chi connectivity index (χ2n) is 6.95. The average Bonchev–Trinajstić information content (AvgIpc) is 2.97. The van der Waals surface area contributed by atoms with Crippen molar-refractivity contribution in [2.24, 2.45) is 5.92 Å². The highest BCUT2D eigenvalue weighted by atomic mass is 32.2. The third kappa shape index (κ3) is 4.66. The zero-order valence-corrected chi connectivity index (χ0v) is 17.0. The maximum Gasteiger partial charge on any atom is 0.335 e. The fourth-order valence-electron chi connectivity index (χ4n) is 3.25. The predicted molar refractivity (Wildman–Crippen MR) is 109 cm³/mol. The van der Waals surface area contributed by atoms with Gasteiger partial charge in [-0.2, -0.15) is 5.26 Å². The van der Waals surface area contributed by atoms with Gasteiger partial charge in [-0.15, -0.1) is 11.3 Å². The summed E-state index contributed by atoms with van der Waals surface area (Å²) in [6.45, 7) is 2.18. The van der Waals surface area contributed by atoms with E-state index in [1.54, 1.807) is 12.1 Å². The topological polar surface area (TPSA) is 107 Å². The molecule has 0 fully saturated rings. The lowest BCUT2D eigenvalue weighted by Gasteiger charge is -2.17. The van der Waals surface area contributed by atoms with Crippen LogP contribution in [0.5, 0.6) is 0 Å². The lowest BCUT2D eigenvalue weighted by atomic mass is 9.89. The smallest absolute Gasteiger partial charge is 0.335 e. The van der Waals surface area contributed by atoms with E-state index in [4.69, 9.17) is 5.11 Å². The zero-order chi connectivity index (χ0) is 20.3. The highest BCUT2D eigenvalue weighted by Crippen LogP contribution is 2.39. The number of benzene rings is 1. The molecular formula is C20H20N2O4S2. The van der Waals surface area contributed by atoms with E-state index >= 15 is 0 Å². The monoisotopic (exact) mass is 416 g/mol. The van der Waals surface area contributed by atoms with Gasteiger partial charge in [0.15, 0.2) is 0 Å². The molecule has 1 aliphatic rings. The van der Waals surface area contributed by atoms with Gasteiger partial charge < -0.3 is 10.4 Å². The van der Waals surface area contributed by atoms with Crippen LogP contribution in [0.1, 0.15) is 45.3 Å². The minimum Gasteiger partial charge on any atom is -0.478 e. The van der Waals surface area contributed by atoms with E-state index < -0.39 is 16.8 Å². The van der Waals surface area contributed by atoms with Crippen LogP contribution in [-0.2, 0) is 34.2 Å². The van der Waals surface area contributed by atoms with Crippen LogP contribution in [0.3, 0.4) is 0 Å². The molecule has 0 bridgehead atoms. The molecule has 8 heteroatoms. The summed E-state index contributed by atoms with van der Waals surface area (Å²) in [5.41, 5.74) is 2.44. The number of nitrogens with zero attached hydrogens (tertiary/aromatic N) is 1. The Bertz CT molecular complexity index is 973. The Morgan fingerprint density at radius 2 is 2.07 bits per heavy atom. The molecule has 1 aliphatic carbocycles. The molecule has 0 radical (unpaired) electrons. The van der Waals surface area contributed by atoms with Gasteiger partial charge in [-0.05, 0) is 48.4 Å². The Labute approximate surface area is 169 Å². The first-order valence-corrected chi connectivity index (χ1v) is 11.2. The first-order valence-electron chi connectivity index (χ1n) is 8.89. The number of hydrogen-bond donors (Lipinski definition) is 2. The van der Waals surface area contributed by atoms with Crippen molar-refractivity contribution in [3.8, 4) is 6.07 Å². The van der Waals surface area contributed by atoms with Gasteiger partial charge in [0.25, 0.3) is 0 Å². The van der Waals surface area contributed by atoms with Crippen molar-refractivity contribution in [2.45, 2.75) is 31.9 Å². The Morgan fingerprint density at radius 3 is 2.71 bits per heavy atom. The molecule has 1 aromatic heterocycles. The van der Waals surface area contributed by atoms with Crippen LogP contribution in [0.4, 0.5) is 5.00 Å². The van der Waals surface area contributed by atoms with Gasteiger partial charge in [0.1, 0.15) is 16.8 Å². The average molecular weight is 417 g/mol. The van der Waals surface area contributed by atoms with E-state index in [9.17, 15) is 19.1 Å². The summed E-state index contributed by atoms with van der Waals surface area (Å²) in [6.07, 6.45) is 2.81. The van der Waals surface area contributed by atoms with E-state index in [1.165, 1.54) is 23.5 Å². The van der Waals surface area contributed by atoms with Crippen molar-refractivity contribution in [3.63, 3.8) is 0 Å². The molecule has 2 N–H and O–H groups in total. The number of carboxylic acids is 1.